The van der Waals surface area contributed by atoms with Gasteiger partial charge in [0.1, 0.15) is 0 Å². The number of thiol groups is 1. The van der Waals surface area contributed by atoms with Crippen LogP contribution in [0.3, 0.4) is 0 Å². The number of hydrogen-bond acceptors (Lipinski definition) is 8. The number of aliphatic carboxylic acids is 3. The lowest BCUT2D eigenvalue weighted by Crippen LogP contribution is -2.50. The lowest BCUT2D eigenvalue weighted by molar-refractivity contribution is -0.160. The number of nitrogens with one attached hydrogen (secondary N) is 1. The molecule has 2 aromatic heterocycles. The molecule has 2 atom stereocenters. The highest BCUT2D eigenvalue weighted by Gasteiger charge is 2.53. The Morgan fingerprint density at radius 2 is 1.74 bits per heavy atom. The van der Waals surface area contributed by atoms with Crippen molar-refractivity contribution >= 4 is 47.8 Å². The van der Waals surface area contributed by atoms with E-state index in [0.29, 0.717) is 28.9 Å². The summed E-state index contributed by atoms with van der Waals surface area (Å²) in [7, 11) is 0. The molecule has 0 aliphatic carbocycles. The predicted octanol–water partition coefficient (Wildman–Crippen LogP) is 1.67. The highest BCUT2D eigenvalue weighted by molar-refractivity contribution is 7.80. The van der Waals surface area contributed by atoms with Crippen molar-refractivity contribution < 1.29 is 34.5 Å². The molecule has 0 aliphatic heterocycles. The van der Waals surface area contributed by atoms with Crippen LogP contribution in [-0.2, 0) is 31.1 Å². The van der Waals surface area contributed by atoms with E-state index in [9.17, 15) is 34.5 Å². The number of carboxylic acid groups (broad SMARTS) is 3. The maximum atomic E-state index is 12.9. The van der Waals surface area contributed by atoms with Crippen LogP contribution in [0.15, 0.2) is 54.9 Å². The van der Waals surface area contributed by atoms with Gasteiger partial charge in [0.25, 0.3) is 5.54 Å². The van der Waals surface area contributed by atoms with Gasteiger partial charge >= 0.3 is 17.9 Å². The Labute approximate surface area is 208 Å². The van der Waals surface area contributed by atoms with Crippen LogP contribution < -0.4 is 5.32 Å². The Hall–Kier alpha value is -3.71. The van der Waals surface area contributed by atoms with Crippen molar-refractivity contribution in [1.29, 1.82) is 0 Å². The minimum absolute atomic E-state index is 0.0498. The third kappa shape index (κ3) is 5.35. The van der Waals surface area contributed by atoms with Gasteiger partial charge in [-0.2, -0.15) is 12.6 Å². The van der Waals surface area contributed by atoms with Gasteiger partial charge in [0.15, 0.2) is 6.04 Å². The molecule has 0 saturated carbocycles. The standard InChI is InChI=1S/C22H22N4O7S2/c27-18(14(12-34)7-6-13-4-2-1-3-5-13)24-17(19(28)29)15-8-9-16(35-15)22(20(30)31,21(32)33)26-11-10-23-25-26/h1-5,8-11,14,17,34H,6-7,12H2,(H,24,27)(H,28,29)(H,30,31)(H,32,33). The molecule has 13 heteroatoms. The second-order valence-electron chi connectivity index (χ2n) is 7.55. The van der Waals surface area contributed by atoms with E-state index in [1.807, 2.05) is 30.3 Å². The minimum atomic E-state index is -2.66. The molecule has 4 N–H and O–H groups in total. The molecule has 0 fully saturated rings. The third-order valence-corrected chi connectivity index (χ3v) is 7.10. The number of rotatable bonds is 12. The summed E-state index contributed by atoms with van der Waals surface area (Å²) in [6.45, 7) is 0. The van der Waals surface area contributed by atoms with Gasteiger partial charge in [-0.15, -0.1) is 16.4 Å². The van der Waals surface area contributed by atoms with E-state index < -0.39 is 41.3 Å². The van der Waals surface area contributed by atoms with Gasteiger partial charge in [-0.1, -0.05) is 35.5 Å². The number of hydrogen-bond donors (Lipinski definition) is 5. The van der Waals surface area contributed by atoms with Gasteiger partial charge in [-0.25, -0.2) is 19.1 Å². The van der Waals surface area contributed by atoms with Crippen molar-refractivity contribution in [3.63, 3.8) is 0 Å². The van der Waals surface area contributed by atoms with Crippen LogP contribution in [0, 0.1) is 5.92 Å². The zero-order chi connectivity index (χ0) is 25.6. The number of aryl methyl sites for hydroxylation is 1. The largest absolute Gasteiger partial charge is 0.479 e. The van der Waals surface area contributed by atoms with E-state index in [4.69, 9.17) is 0 Å². The van der Waals surface area contributed by atoms with Gasteiger partial charge in [0.2, 0.25) is 5.91 Å². The van der Waals surface area contributed by atoms with Gasteiger partial charge < -0.3 is 20.6 Å². The van der Waals surface area contributed by atoms with E-state index in [1.165, 1.54) is 12.1 Å². The number of benzene rings is 1. The summed E-state index contributed by atoms with van der Waals surface area (Å²) in [5.74, 6) is -5.78. The number of amides is 1. The van der Waals surface area contributed by atoms with Crippen LogP contribution in [0.2, 0.25) is 0 Å². The number of nitrogens with zero attached hydrogens (tertiary/aromatic N) is 3. The first-order valence-electron chi connectivity index (χ1n) is 10.3. The van der Waals surface area contributed by atoms with Crippen molar-refractivity contribution in [2.24, 2.45) is 5.92 Å². The minimum Gasteiger partial charge on any atom is -0.479 e. The van der Waals surface area contributed by atoms with Crippen molar-refractivity contribution in [2.75, 3.05) is 5.75 Å². The quantitative estimate of drug-likeness (QED) is 0.177. The molecule has 11 nitrogen and oxygen atoms in total. The summed E-state index contributed by atoms with van der Waals surface area (Å²) in [4.78, 5) is 48.9. The normalized spacial score (nSPS) is 13.1. The maximum absolute atomic E-state index is 12.9. The summed E-state index contributed by atoms with van der Waals surface area (Å²) in [6, 6.07) is 10.4. The van der Waals surface area contributed by atoms with Crippen LogP contribution >= 0.6 is 24.0 Å². The molecule has 184 valence electrons. The monoisotopic (exact) mass is 518 g/mol. The van der Waals surface area contributed by atoms with Crippen molar-refractivity contribution in [3.8, 4) is 0 Å². The number of aromatic nitrogens is 3. The van der Waals surface area contributed by atoms with Crippen LogP contribution in [0.1, 0.15) is 27.8 Å². The van der Waals surface area contributed by atoms with Gasteiger partial charge in [-0.3, -0.25) is 4.79 Å². The van der Waals surface area contributed by atoms with Crippen LogP contribution in [0.4, 0.5) is 0 Å². The maximum Gasteiger partial charge on any atom is 0.349 e. The fourth-order valence-corrected chi connectivity index (χ4v) is 5.07. The van der Waals surface area contributed by atoms with Crippen molar-refractivity contribution in [3.05, 3.63) is 70.2 Å². The van der Waals surface area contributed by atoms with Crippen molar-refractivity contribution in [1.82, 2.24) is 20.3 Å². The molecule has 2 unspecified atom stereocenters. The Balaban J connectivity index is 1.85. The summed E-state index contributed by atoms with van der Waals surface area (Å²) in [6.07, 6.45) is 3.25. The average Bonchev–Trinajstić information content (AvgIpc) is 3.52. The lowest BCUT2D eigenvalue weighted by atomic mass is 9.98. The van der Waals surface area contributed by atoms with Gasteiger partial charge in [0.05, 0.1) is 11.1 Å². The van der Waals surface area contributed by atoms with E-state index in [-0.39, 0.29) is 15.5 Å². The molecular weight excluding hydrogens is 496 g/mol. The number of carbonyl (C=O) groups is 4. The Kier molecular flexibility index (Phi) is 8.25. The van der Waals surface area contributed by atoms with E-state index in [0.717, 1.165) is 18.0 Å². The van der Waals surface area contributed by atoms with Crippen molar-refractivity contribution in [2.45, 2.75) is 24.4 Å². The number of carboxylic acids is 3. The topological polar surface area (TPSA) is 172 Å². The summed E-state index contributed by atoms with van der Waals surface area (Å²) >= 11 is 4.87. The second-order valence-corrected chi connectivity index (χ2v) is 9.03. The number of carbonyl (C=O) groups excluding carboxylic acids is 1. The van der Waals surface area contributed by atoms with E-state index in [1.54, 1.807) is 0 Å². The van der Waals surface area contributed by atoms with Crippen LogP contribution in [-0.4, -0.2) is 59.9 Å². The molecule has 3 rings (SSSR count). The zero-order valence-electron chi connectivity index (χ0n) is 18.1. The molecule has 0 aliphatic rings. The first kappa shape index (κ1) is 25.9. The molecule has 3 aromatic rings. The molecule has 1 aromatic carbocycles. The first-order valence-corrected chi connectivity index (χ1v) is 11.8. The Morgan fingerprint density at radius 1 is 1.06 bits per heavy atom. The SMILES string of the molecule is O=C(NC(C(=O)O)c1ccc(C(C(=O)O)(C(=O)O)n2ccnn2)s1)C(CS)CCc1ccccc1. The van der Waals surface area contributed by atoms with Crippen LogP contribution in [0.25, 0.3) is 0 Å². The molecule has 0 saturated heterocycles. The molecule has 0 bridgehead atoms. The Bertz CT molecular complexity index is 1180. The molecule has 2 heterocycles. The fourth-order valence-electron chi connectivity index (χ4n) is 3.51. The highest BCUT2D eigenvalue weighted by Crippen LogP contribution is 2.35. The van der Waals surface area contributed by atoms with Gasteiger partial charge in [-0.05, 0) is 30.5 Å². The summed E-state index contributed by atoms with van der Waals surface area (Å²) in [5, 5.41) is 38.9. The fraction of sp³-hybridized carbons (Fsp3) is 0.273. The zero-order valence-corrected chi connectivity index (χ0v) is 19.9. The summed E-state index contributed by atoms with van der Waals surface area (Å²) in [5.41, 5.74) is -1.63. The molecule has 0 radical (unpaired) electrons. The van der Waals surface area contributed by atoms with E-state index in [2.05, 4.69) is 28.3 Å². The number of thiophene rings is 1. The molecule has 0 spiro atoms. The smallest absolute Gasteiger partial charge is 0.349 e. The molecule has 35 heavy (non-hydrogen) atoms. The third-order valence-electron chi connectivity index (χ3n) is 5.40. The predicted molar refractivity (Wildman–Crippen MR) is 127 cm³/mol. The second kappa shape index (κ2) is 11.1. The average molecular weight is 519 g/mol. The lowest BCUT2D eigenvalue weighted by Gasteiger charge is -2.23. The molecular formula is C22H22N4O7S2. The Morgan fingerprint density at radius 3 is 2.29 bits per heavy atom. The summed E-state index contributed by atoms with van der Waals surface area (Å²) < 4.78 is 0.669. The first-order chi connectivity index (χ1) is 16.7. The molecule has 1 amide bonds. The van der Waals surface area contributed by atoms with Crippen LogP contribution in [0.5, 0.6) is 0 Å². The van der Waals surface area contributed by atoms with Gasteiger partial charge in [0, 0.05) is 22.7 Å². The highest BCUT2D eigenvalue weighted by atomic mass is 32.1. The van der Waals surface area contributed by atoms with E-state index >= 15 is 0 Å².